The van der Waals surface area contributed by atoms with Crippen molar-refractivity contribution in [2.24, 2.45) is 45.5 Å². The summed E-state index contributed by atoms with van der Waals surface area (Å²) in [5.74, 6) is -8.86. The summed E-state index contributed by atoms with van der Waals surface area (Å²) in [6.07, 6.45) is -0.746. The van der Waals surface area contributed by atoms with Gasteiger partial charge in [0.2, 0.25) is 47.3 Å². The number of nitrogens with one attached hydrogen (secondary N) is 8. The highest BCUT2D eigenvalue weighted by molar-refractivity contribution is 5.99. The quantitative estimate of drug-likeness (QED) is 0.0222. The number of aliphatic carboxylic acids is 1. The van der Waals surface area contributed by atoms with Crippen LogP contribution >= 0.6 is 0 Å². The maximum absolute atomic E-state index is 14.4. The van der Waals surface area contributed by atoms with Crippen molar-refractivity contribution in [2.75, 3.05) is 19.6 Å². The third-order valence-corrected chi connectivity index (χ3v) is 14.6. The number of nitrogens with zero attached hydrogens (tertiary/aromatic N) is 2. The van der Waals surface area contributed by atoms with Crippen molar-refractivity contribution in [1.82, 2.24) is 42.1 Å². The minimum atomic E-state index is -2.04. The fraction of sp³-hybridized carbons (Fsp3) is 0.435. The number of carbonyl (C=O) groups is 9. The predicted molar refractivity (Wildman–Crippen MR) is 329 cm³/mol. The highest BCUT2D eigenvalue weighted by Crippen LogP contribution is 2.25. The molecular weight excluding hydrogens is 1110 g/mol. The number of benzene rings is 4. The first kappa shape index (κ1) is 68.5. The third-order valence-electron chi connectivity index (χ3n) is 14.6. The van der Waals surface area contributed by atoms with Gasteiger partial charge in [-0.3, -0.25) is 48.8 Å². The SMILES string of the molecule is CC(C)C[C@@H](NC(=O)C(Cc1ccccc1)NC(=O)[C@H](N)Cc1ccccc1)C(=O)N[C@H](CC(=N)N)C(=O)NC1(C(=O)O)CCN(C(=O)[C@@H](CN=C(N)N)NC(=O)[C@@H](CC(C)C)NC(=O)[C@@H](Cc2ccccc2)NC(=O)[C@H](N)Cc2ccccc2)CC1. The Kier molecular flexibility index (Phi) is 26.4. The lowest BCUT2D eigenvalue weighted by atomic mass is 9.86. The van der Waals surface area contributed by atoms with E-state index in [1.54, 1.807) is 74.5 Å². The predicted octanol–water partition coefficient (Wildman–Crippen LogP) is -0.226. The fourth-order valence-electron chi connectivity index (χ4n) is 9.95. The second-order valence-corrected chi connectivity index (χ2v) is 22.8. The number of piperidine rings is 1. The smallest absolute Gasteiger partial charge is 0.329 e. The Labute approximate surface area is 507 Å². The molecule has 1 fully saturated rings. The number of aliphatic imine (C=N–C) groups is 1. The second kappa shape index (κ2) is 33.5. The zero-order valence-corrected chi connectivity index (χ0v) is 49.7. The number of guanidine groups is 1. The van der Waals surface area contributed by atoms with Crippen molar-refractivity contribution >= 4 is 65.0 Å². The Morgan fingerprint density at radius 3 is 1.17 bits per heavy atom. The lowest BCUT2D eigenvalue weighted by Crippen LogP contribution is -2.65. The largest absolute Gasteiger partial charge is 0.480 e. The van der Waals surface area contributed by atoms with E-state index in [1.165, 1.54) is 4.90 Å². The lowest BCUT2D eigenvalue weighted by Gasteiger charge is -2.41. The first-order valence-corrected chi connectivity index (χ1v) is 29.0. The number of amidine groups is 1. The Morgan fingerprint density at radius 2 is 0.828 bits per heavy atom. The van der Waals surface area contributed by atoms with E-state index in [-0.39, 0.29) is 76.3 Å². The molecule has 0 aliphatic carbocycles. The summed E-state index contributed by atoms with van der Waals surface area (Å²) in [6.45, 7) is 6.19. The average molecular weight is 1200 g/mol. The van der Waals surface area contributed by atoms with Crippen LogP contribution in [0.4, 0.5) is 0 Å². The molecule has 87 heavy (non-hydrogen) atoms. The van der Waals surface area contributed by atoms with Crippen molar-refractivity contribution in [1.29, 1.82) is 5.41 Å². The molecule has 1 unspecified atom stereocenters. The van der Waals surface area contributed by atoms with Gasteiger partial charge in [0, 0.05) is 32.4 Å². The van der Waals surface area contributed by atoms with Crippen molar-refractivity contribution in [2.45, 2.75) is 139 Å². The van der Waals surface area contributed by atoms with Crippen LogP contribution in [0.3, 0.4) is 0 Å². The monoisotopic (exact) mass is 1200 g/mol. The summed E-state index contributed by atoms with van der Waals surface area (Å²) in [4.78, 5) is 131. The van der Waals surface area contributed by atoms with E-state index in [1.807, 2.05) is 74.5 Å². The number of carboxylic acid groups (broad SMARTS) is 1. The molecule has 0 bridgehead atoms. The van der Waals surface area contributed by atoms with Crippen molar-refractivity contribution < 1.29 is 48.3 Å². The minimum absolute atomic E-state index is 0.0264. The molecule has 468 valence electrons. The number of rotatable bonds is 32. The summed E-state index contributed by atoms with van der Waals surface area (Å²) in [6, 6.07) is 25.9. The van der Waals surface area contributed by atoms with Gasteiger partial charge in [0.05, 0.1) is 24.5 Å². The molecule has 0 spiro atoms. The van der Waals surface area contributed by atoms with E-state index in [2.05, 4.69) is 42.2 Å². The molecule has 19 N–H and O–H groups in total. The number of carboxylic acids is 1. The maximum atomic E-state index is 14.4. The summed E-state index contributed by atoms with van der Waals surface area (Å²) in [5, 5.41) is 37.6. The van der Waals surface area contributed by atoms with Gasteiger partial charge >= 0.3 is 5.97 Å². The first-order chi connectivity index (χ1) is 41.3. The van der Waals surface area contributed by atoms with E-state index in [4.69, 9.17) is 34.1 Å². The lowest BCUT2D eigenvalue weighted by molar-refractivity contribution is -0.152. The van der Waals surface area contributed by atoms with E-state index in [9.17, 15) is 48.3 Å². The van der Waals surface area contributed by atoms with Crippen LogP contribution in [-0.4, -0.2) is 149 Å². The molecule has 0 saturated carbocycles. The van der Waals surface area contributed by atoms with Crippen LogP contribution in [0.1, 0.15) is 82.1 Å². The molecule has 1 saturated heterocycles. The first-order valence-electron chi connectivity index (χ1n) is 29.0. The highest BCUT2D eigenvalue weighted by Gasteiger charge is 2.46. The van der Waals surface area contributed by atoms with E-state index < -0.39 is 132 Å². The molecule has 1 aliphatic rings. The standard InChI is InChI=1S/C62H85N15O10/c1-37(2)29-45(72-56(82)47(33-41-21-13-7-14-22-41)70-52(78)43(63)31-39-17-9-5-10-18-39)54(80)74-49(35-51(65)66)58(84)76-62(60(86)87)25-27-77(28-26-62)59(85)50(36-69-61(67)68)75-55(81)46(30-38(3)4)73-57(83)48(34-42-23-15-8-16-24-42)71-53(79)44(64)32-40-19-11-6-12-20-40/h5-24,37-38,43-50H,25-36,63-64H2,1-4H3,(H3,65,66)(H,70,78)(H,71,79)(H,72,82)(H,73,83)(H,74,80)(H,75,81)(H,76,84)(H,86,87)(H4,67,68,69)/t43-,44-,45-,46-,47?,48-,49-,50-/m1/s1. The number of carbonyl (C=O) groups excluding carboxylic acids is 8. The molecular formula is C62H85N15O10. The number of hydrogen-bond acceptors (Lipinski definition) is 13. The van der Waals surface area contributed by atoms with Crippen LogP contribution < -0.4 is 65.9 Å². The third kappa shape index (κ3) is 22.3. The van der Waals surface area contributed by atoms with Gasteiger partial charge in [0.25, 0.3) is 0 Å². The average Bonchev–Trinajstić information content (AvgIpc) is 2.49. The Bertz CT molecular complexity index is 3000. The van der Waals surface area contributed by atoms with Gasteiger partial charge in [-0.15, -0.1) is 0 Å². The summed E-state index contributed by atoms with van der Waals surface area (Å²) >= 11 is 0. The molecule has 4 aromatic rings. The summed E-state index contributed by atoms with van der Waals surface area (Å²) < 4.78 is 0. The summed E-state index contributed by atoms with van der Waals surface area (Å²) in [7, 11) is 0. The van der Waals surface area contributed by atoms with Crippen LogP contribution in [-0.2, 0) is 68.8 Å². The van der Waals surface area contributed by atoms with Crippen LogP contribution in [0.2, 0.25) is 0 Å². The molecule has 1 heterocycles. The molecule has 0 aromatic heterocycles. The van der Waals surface area contributed by atoms with Gasteiger partial charge in [0.1, 0.15) is 41.8 Å². The Balaban J connectivity index is 1.29. The van der Waals surface area contributed by atoms with Crippen LogP contribution in [0.25, 0.3) is 0 Å². The molecule has 25 nitrogen and oxygen atoms in total. The maximum Gasteiger partial charge on any atom is 0.329 e. The van der Waals surface area contributed by atoms with E-state index in [0.717, 1.165) is 11.1 Å². The Morgan fingerprint density at radius 1 is 0.494 bits per heavy atom. The molecule has 8 amide bonds. The van der Waals surface area contributed by atoms with Gasteiger partial charge in [-0.25, -0.2) is 4.79 Å². The number of amides is 8. The highest BCUT2D eigenvalue weighted by atomic mass is 16.4. The van der Waals surface area contributed by atoms with Gasteiger partial charge in [0.15, 0.2) is 5.96 Å². The van der Waals surface area contributed by atoms with Crippen LogP contribution in [0.15, 0.2) is 126 Å². The van der Waals surface area contributed by atoms with Gasteiger partial charge in [-0.2, -0.15) is 0 Å². The van der Waals surface area contributed by atoms with E-state index >= 15 is 0 Å². The zero-order chi connectivity index (χ0) is 63.8. The molecule has 25 heteroatoms. The molecule has 4 aromatic carbocycles. The number of likely N-dealkylation sites (tertiary alicyclic amines) is 1. The second-order valence-electron chi connectivity index (χ2n) is 22.8. The molecule has 8 atom stereocenters. The van der Waals surface area contributed by atoms with Gasteiger partial charge in [-0.1, -0.05) is 149 Å². The van der Waals surface area contributed by atoms with Gasteiger partial charge in [-0.05, 0) is 72.6 Å². The fourth-order valence-corrected chi connectivity index (χ4v) is 9.95. The van der Waals surface area contributed by atoms with Gasteiger partial charge < -0.3 is 75.9 Å². The number of nitrogens with two attached hydrogens (primary N) is 5. The molecule has 1 aliphatic heterocycles. The van der Waals surface area contributed by atoms with Crippen molar-refractivity contribution in [3.05, 3.63) is 144 Å². The normalized spacial score (nSPS) is 15.5. The Hall–Kier alpha value is -9.23. The zero-order valence-electron chi connectivity index (χ0n) is 49.7. The van der Waals surface area contributed by atoms with Crippen LogP contribution in [0.5, 0.6) is 0 Å². The number of hydrogen-bond donors (Lipinski definition) is 14. The molecule has 0 radical (unpaired) electrons. The van der Waals surface area contributed by atoms with Crippen molar-refractivity contribution in [3.63, 3.8) is 0 Å². The molecule has 5 rings (SSSR count). The summed E-state index contributed by atoms with van der Waals surface area (Å²) in [5.41, 5.74) is 30.8. The van der Waals surface area contributed by atoms with Crippen LogP contribution in [0, 0.1) is 17.2 Å². The minimum Gasteiger partial charge on any atom is -0.480 e. The van der Waals surface area contributed by atoms with Crippen molar-refractivity contribution in [3.8, 4) is 0 Å². The topological polar surface area (TPSA) is 428 Å². The van der Waals surface area contributed by atoms with E-state index in [0.29, 0.717) is 11.1 Å².